The molecule has 0 atom stereocenters. The van der Waals surface area contributed by atoms with E-state index in [-0.39, 0.29) is 5.82 Å². The zero-order chi connectivity index (χ0) is 19.5. The van der Waals surface area contributed by atoms with Crippen molar-refractivity contribution in [3.63, 3.8) is 0 Å². The van der Waals surface area contributed by atoms with Crippen molar-refractivity contribution in [3.8, 4) is 22.9 Å². The van der Waals surface area contributed by atoms with Gasteiger partial charge in [0.2, 0.25) is 11.7 Å². The summed E-state index contributed by atoms with van der Waals surface area (Å²) in [5, 5.41) is 4.04. The lowest BCUT2D eigenvalue weighted by atomic mass is 10.1. The van der Waals surface area contributed by atoms with Crippen LogP contribution < -0.4 is 9.47 Å². The second-order valence-corrected chi connectivity index (χ2v) is 6.83. The van der Waals surface area contributed by atoms with Gasteiger partial charge in [-0.25, -0.2) is 4.39 Å². The number of nitrogens with zero attached hydrogens (tertiary/aromatic N) is 3. The van der Waals surface area contributed by atoms with E-state index in [1.165, 1.54) is 12.1 Å². The zero-order valence-electron chi connectivity index (χ0n) is 15.9. The van der Waals surface area contributed by atoms with Crippen molar-refractivity contribution in [1.29, 1.82) is 0 Å². The second-order valence-electron chi connectivity index (χ2n) is 6.83. The number of ether oxygens (including phenoxy) is 2. The molecule has 0 aliphatic heterocycles. The number of aromatic nitrogens is 2. The van der Waals surface area contributed by atoms with Crippen LogP contribution in [-0.2, 0) is 13.1 Å². The van der Waals surface area contributed by atoms with Crippen molar-refractivity contribution < 1.29 is 18.4 Å². The van der Waals surface area contributed by atoms with Crippen LogP contribution in [0, 0.1) is 5.82 Å². The van der Waals surface area contributed by atoms with Crippen LogP contribution in [0.4, 0.5) is 4.39 Å². The summed E-state index contributed by atoms with van der Waals surface area (Å²) in [7, 11) is 3.32. The second kappa shape index (κ2) is 7.98. The Morgan fingerprint density at radius 3 is 2.54 bits per heavy atom. The number of hydrogen-bond donors (Lipinski definition) is 0. The van der Waals surface area contributed by atoms with E-state index >= 15 is 0 Å². The lowest BCUT2D eigenvalue weighted by Crippen LogP contribution is -2.25. The topological polar surface area (TPSA) is 60.6 Å². The summed E-state index contributed by atoms with van der Waals surface area (Å²) in [5.41, 5.74) is 1.77. The number of hydrogen-bond acceptors (Lipinski definition) is 6. The van der Waals surface area contributed by atoms with Gasteiger partial charge in [-0.3, -0.25) is 4.90 Å². The minimum absolute atomic E-state index is 0.292. The molecule has 2 aromatic carbocycles. The molecule has 1 aromatic heterocycles. The van der Waals surface area contributed by atoms with Crippen molar-refractivity contribution >= 4 is 0 Å². The van der Waals surface area contributed by atoms with E-state index in [0.717, 1.165) is 35.5 Å². The van der Waals surface area contributed by atoms with E-state index in [1.807, 2.05) is 18.2 Å². The first-order valence-corrected chi connectivity index (χ1v) is 9.19. The van der Waals surface area contributed by atoms with Gasteiger partial charge in [0.25, 0.3) is 0 Å². The molecule has 0 N–H and O–H groups in total. The van der Waals surface area contributed by atoms with Gasteiger partial charge in [-0.2, -0.15) is 4.98 Å². The molecular formula is C21H22FN3O3. The van der Waals surface area contributed by atoms with Gasteiger partial charge in [-0.15, -0.1) is 0 Å². The summed E-state index contributed by atoms with van der Waals surface area (Å²) < 4.78 is 29.4. The van der Waals surface area contributed by atoms with E-state index in [1.54, 1.807) is 26.4 Å². The number of methoxy groups -OCH3 is 2. The standard InChI is InChI=1S/C21H22FN3O3/c1-26-18-9-10-19(27-2)15(11-18)12-25(17-7-8-17)13-20-23-21(24-28-20)14-3-5-16(22)6-4-14/h3-6,9-11,17H,7-8,12-13H2,1-2H3. The third-order valence-corrected chi connectivity index (χ3v) is 4.83. The molecule has 0 radical (unpaired) electrons. The monoisotopic (exact) mass is 383 g/mol. The molecule has 1 saturated carbocycles. The molecule has 1 aliphatic rings. The molecule has 1 heterocycles. The molecule has 0 amide bonds. The highest BCUT2D eigenvalue weighted by atomic mass is 19.1. The molecule has 0 bridgehead atoms. The van der Waals surface area contributed by atoms with Gasteiger partial charge in [0.1, 0.15) is 17.3 Å². The molecule has 1 fully saturated rings. The van der Waals surface area contributed by atoms with Crippen molar-refractivity contribution in [2.24, 2.45) is 0 Å². The largest absolute Gasteiger partial charge is 0.497 e. The van der Waals surface area contributed by atoms with Crippen LogP contribution in [0.2, 0.25) is 0 Å². The Bertz CT molecular complexity index is 938. The molecular weight excluding hydrogens is 361 g/mol. The van der Waals surface area contributed by atoms with Gasteiger partial charge in [-0.1, -0.05) is 5.16 Å². The fourth-order valence-corrected chi connectivity index (χ4v) is 3.19. The van der Waals surface area contributed by atoms with Gasteiger partial charge in [0.05, 0.1) is 20.8 Å². The van der Waals surface area contributed by atoms with Gasteiger partial charge < -0.3 is 14.0 Å². The average molecular weight is 383 g/mol. The highest BCUT2D eigenvalue weighted by Gasteiger charge is 2.31. The highest BCUT2D eigenvalue weighted by molar-refractivity contribution is 5.53. The molecule has 28 heavy (non-hydrogen) atoms. The Hall–Kier alpha value is -2.93. The van der Waals surface area contributed by atoms with Crippen LogP contribution in [0.5, 0.6) is 11.5 Å². The Labute approximate surface area is 162 Å². The Balaban J connectivity index is 1.52. The van der Waals surface area contributed by atoms with Gasteiger partial charge in [0.15, 0.2) is 0 Å². The number of halogens is 1. The minimum atomic E-state index is -0.292. The summed E-state index contributed by atoms with van der Waals surface area (Å²) in [4.78, 5) is 6.79. The first kappa shape index (κ1) is 18.4. The van der Waals surface area contributed by atoms with Crippen molar-refractivity contribution in [2.45, 2.75) is 32.0 Å². The van der Waals surface area contributed by atoms with Gasteiger partial charge >= 0.3 is 0 Å². The summed E-state index contributed by atoms with van der Waals surface area (Å²) in [6, 6.07) is 12.3. The fourth-order valence-electron chi connectivity index (χ4n) is 3.19. The molecule has 0 spiro atoms. The summed E-state index contributed by atoms with van der Waals surface area (Å²) in [5.74, 6) is 2.32. The fraction of sp³-hybridized carbons (Fsp3) is 0.333. The maximum absolute atomic E-state index is 13.1. The molecule has 3 aromatic rings. The maximum atomic E-state index is 13.1. The predicted molar refractivity (Wildman–Crippen MR) is 102 cm³/mol. The Kier molecular flexibility index (Phi) is 5.25. The minimum Gasteiger partial charge on any atom is -0.497 e. The van der Waals surface area contributed by atoms with E-state index in [9.17, 15) is 4.39 Å². The van der Waals surface area contributed by atoms with Crippen LogP contribution in [0.25, 0.3) is 11.4 Å². The average Bonchev–Trinajstić information content (AvgIpc) is 3.47. The van der Waals surface area contributed by atoms with Gasteiger partial charge in [-0.05, 0) is 55.3 Å². The molecule has 4 rings (SSSR count). The Morgan fingerprint density at radius 2 is 1.86 bits per heavy atom. The maximum Gasteiger partial charge on any atom is 0.241 e. The lowest BCUT2D eigenvalue weighted by Gasteiger charge is -2.21. The third kappa shape index (κ3) is 4.14. The normalized spacial score (nSPS) is 13.7. The smallest absolute Gasteiger partial charge is 0.241 e. The first-order chi connectivity index (χ1) is 13.7. The molecule has 0 saturated heterocycles. The quantitative estimate of drug-likeness (QED) is 0.585. The van der Waals surface area contributed by atoms with Gasteiger partial charge in [0, 0.05) is 23.7 Å². The van der Waals surface area contributed by atoms with Crippen molar-refractivity contribution in [1.82, 2.24) is 15.0 Å². The van der Waals surface area contributed by atoms with Crippen LogP contribution >= 0.6 is 0 Å². The third-order valence-electron chi connectivity index (χ3n) is 4.83. The summed E-state index contributed by atoms with van der Waals surface area (Å²) in [6.45, 7) is 1.23. The lowest BCUT2D eigenvalue weighted by molar-refractivity contribution is 0.207. The summed E-state index contributed by atoms with van der Waals surface area (Å²) >= 11 is 0. The molecule has 146 valence electrons. The van der Waals surface area contributed by atoms with Crippen LogP contribution in [0.3, 0.4) is 0 Å². The van der Waals surface area contributed by atoms with Crippen molar-refractivity contribution in [3.05, 3.63) is 59.7 Å². The predicted octanol–water partition coefficient (Wildman–Crippen LogP) is 4.06. The number of rotatable bonds is 8. The van der Waals surface area contributed by atoms with E-state index in [4.69, 9.17) is 14.0 Å². The SMILES string of the molecule is COc1ccc(OC)c(CN(Cc2nc(-c3ccc(F)cc3)no2)C2CC2)c1. The molecule has 1 aliphatic carbocycles. The zero-order valence-corrected chi connectivity index (χ0v) is 15.9. The highest BCUT2D eigenvalue weighted by Crippen LogP contribution is 2.33. The first-order valence-electron chi connectivity index (χ1n) is 9.19. The van der Waals surface area contributed by atoms with E-state index in [0.29, 0.717) is 30.8 Å². The molecule has 0 unspecified atom stereocenters. The van der Waals surface area contributed by atoms with Crippen LogP contribution in [0.15, 0.2) is 47.0 Å². The molecule has 7 heteroatoms. The van der Waals surface area contributed by atoms with E-state index < -0.39 is 0 Å². The number of benzene rings is 2. The van der Waals surface area contributed by atoms with Crippen LogP contribution in [0.1, 0.15) is 24.3 Å². The van der Waals surface area contributed by atoms with Crippen molar-refractivity contribution in [2.75, 3.05) is 14.2 Å². The van der Waals surface area contributed by atoms with E-state index in [2.05, 4.69) is 15.0 Å². The Morgan fingerprint density at radius 1 is 1.07 bits per heavy atom. The van der Waals surface area contributed by atoms with Crippen LogP contribution in [-0.4, -0.2) is 35.3 Å². The molecule has 6 nitrogen and oxygen atoms in total. The summed E-state index contributed by atoms with van der Waals surface area (Å²) in [6.07, 6.45) is 2.29.